The topological polar surface area (TPSA) is 76.0 Å². The zero-order valence-corrected chi connectivity index (χ0v) is 18.7. The average Bonchev–Trinajstić information content (AvgIpc) is 3.29. The number of carbonyl (C=O) groups excluding carboxylic acids is 1. The van der Waals surface area contributed by atoms with Crippen molar-refractivity contribution in [2.75, 3.05) is 46.5 Å². The fourth-order valence-corrected chi connectivity index (χ4v) is 3.96. The van der Waals surface area contributed by atoms with Gasteiger partial charge in [0, 0.05) is 38.1 Å². The van der Waals surface area contributed by atoms with Gasteiger partial charge in [0.2, 0.25) is 0 Å². The van der Waals surface area contributed by atoms with Crippen LogP contribution in [0.4, 0.5) is 0 Å². The first-order valence-electron chi connectivity index (χ1n) is 11.1. The molecule has 0 spiro atoms. The van der Waals surface area contributed by atoms with Crippen molar-refractivity contribution < 1.29 is 18.7 Å². The molecule has 4 rings (SSSR count). The van der Waals surface area contributed by atoms with E-state index in [1.807, 2.05) is 55.5 Å². The summed E-state index contributed by atoms with van der Waals surface area (Å²) < 4.78 is 16.8. The SMILES string of the molecule is COc1ccc(CNCCN2CCOCC2)c2cc(C(=O)N[C@@H](C)c3ccccc3)oc12. The summed E-state index contributed by atoms with van der Waals surface area (Å²) in [6.45, 7) is 8.09. The first-order valence-corrected chi connectivity index (χ1v) is 11.1. The van der Waals surface area contributed by atoms with Crippen molar-refractivity contribution in [1.29, 1.82) is 0 Å². The first kappa shape index (κ1) is 22.3. The molecule has 1 aliphatic rings. The van der Waals surface area contributed by atoms with Crippen molar-refractivity contribution in [2.24, 2.45) is 0 Å². The number of nitrogens with one attached hydrogen (secondary N) is 2. The van der Waals surface area contributed by atoms with E-state index >= 15 is 0 Å². The maximum absolute atomic E-state index is 12.9. The predicted molar refractivity (Wildman–Crippen MR) is 124 cm³/mol. The van der Waals surface area contributed by atoms with Crippen molar-refractivity contribution in [3.8, 4) is 5.75 Å². The van der Waals surface area contributed by atoms with Crippen LogP contribution in [0.25, 0.3) is 11.0 Å². The van der Waals surface area contributed by atoms with Gasteiger partial charge in [0.25, 0.3) is 5.91 Å². The zero-order valence-electron chi connectivity index (χ0n) is 18.7. The van der Waals surface area contributed by atoms with Gasteiger partial charge in [-0.2, -0.15) is 0 Å². The largest absolute Gasteiger partial charge is 0.493 e. The lowest BCUT2D eigenvalue weighted by molar-refractivity contribution is 0.0384. The molecule has 3 aromatic rings. The molecule has 170 valence electrons. The molecule has 0 unspecified atom stereocenters. The van der Waals surface area contributed by atoms with E-state index in [-0.39, 0.29) is 17.7 Å². The number of benzene rings is 2. The molecule has 1 aromatic heterocycles. The van der Waals surface area contributed by atoms with Crippen LogP contribution in [-0.4, -0.2) is 57.3 Å². The van der Waals surface area contributed by atoms with Crippen molar-refractivity contribution in [2.45, 2.75) is 19.5 Å². The van der Waals surface area contributed by atoms with Crippen LogP contribution in [0.2, 0.25) is 0 Å². The summed E-state index contributed by atoms with van der Waals surface area (Å²) in [5.41, 5.74) is 2.71. The number of nitrogens with zero attached hydrogens (tertiary/aromatic N) is 1. The molecule has 0 radical (unpaired) electrons. The van der Waals surface area contributed by atoms with Gasteiger partial charge < -0.3 is 24.5 Å². The van der Waals surface area contributed by atoms with E-state index in [4.69, 9.17) is 13.9 Å². The summed E-state index contributed by atoms with van der Waals surface area (Å²) in [4.78, 5) is 15.3. The average molecular weight is 438 g/mol. The molecule has 1 fully saturated rings. The Labute approximate surface area is 188 Å². The first-order chi connectivity index (χ1) is 15.7. The maximum atomic E-state index is 12.9. The number of carbonyl (C=O) groups is 1. The highest BCUT2D eigenvalue weighted by Crippen LogP contribution is 2.32. The van der Waals surface area contributed by atoms with Crippen molar-refractivity contribution >= 4 is 16.9 Å². The molecule has 2 N–H and O–H groups in total. The normalized spacial score (nSPS) is 15.6. The molecule has 0 aliphatic carbocycles. The Bertz CT molecular complexity index is 1030. The Morgan fingerprint density at radius 2 is 1.94 bits per heavy atom. The van der Waals surface area contributed by atoms with Crippen LogP contribution >= 0.6 is 0 Å². The smallest absolute Gasteiger partial charge is 0.287 e. The number of furan rings is 1. The minimum absolute atomic E-state index is 0.125. The van der Waals surface area contributed by atoms with Crippen LogP contribution in [0.5, 0.6) is 5.75 Å². The summed E-state index contributed by atoms with van der Waals surface area (Å²) in [6.07, 6.45) is 0. The summed E-state index contributed by atoms with van der Waals surface area (Å²) in [6, 6.07) is 15.5. The molecule has 0 bridgehead atoms. The molecule has 7 heteroatoms. The second-order valence-corrected chi connectivity index (χ2v) is 8.02. The third-order valence-electron chi connectivity index (χ3n) is 5.85. The van der Waals surface area contributed by atoms with Crippen molar-refractivity contribution in [3.05, 3.63) is 65.4 Å². The lowest BCUT2D eigenvalue weighted by atomic mass is 10.1. The molecule has 1 saturated heterocycles. The van der Waals surface area contributed by atoms with E-state index in [1.165, 1.54) is 0 Å². The number of hydrogen-bond donors (Lipinski definition) is 2. The second kappa shape index (κ2) is 10.6. The Morgan fingerprint density at radius 3 is 2.69 bits per heavy atom. The third kappa shape index (κ3) is 5.30. The second-order valence-electron chi connectivity index (χ2n) is 8.02. The summed E-state index contributed by atoms with van der Waals surface area (Å²) >= 11 is 0. The number of fused-ring (bicyclic) bond motifs is 1. The highest BCUT2D eigenvalue weighted by atomic mass is 16.5. The number of ether oxygens (including phenoxy) is 2. The number of morpholine rings is 1. The molecule has 1 amide bonds. The highest BCUT2D eigenvalue weighted by molar-refractivity contribution is 5.98. The van der Waals surface area contributed by atoms with Gasteiger partial charge in [0.05, 0.1) is 26.4 Å². The number of hydrogen-bond acceptors (Lipinski definition) is 6. The van der Waals surface area contributed by atoms with Gasteiger partial charge in [-0.05, 0) is 30.2 Å². The zero-order chi connectivity index (χ0) is 22.3. The molecular formula is C25H31N3O4. The van der Waals surface area contributed by atoms with E-state index in [0.717, 1.165) is 55.9 Å². The van der Waals surface area contributed by atoms with E-state index in [1.54, 1.807) is 7.11 Å². The Kier molecular flexibility index (Phi) is 7.42. The lowest BCUT2D eigenvalue weighted by Gasteiger charge is -2.26. The van der Waals surface area contributed by atoms with Crippen LogP contribution in [0.1, 0.15) is 34.6 Å². The van der Waals surface area contributed by atoms with E-state index in [9.17, 15) is 4.79 Å². The third-order valence-corrected chi connectivity index (χ3v) is 5.85. The number of methoxy groups -OCH3 is 1. The fraction of sp³-hybridized carbons (Fsp3) is 0.400. The minimum Gasteiger partial charge on any atom is -0.493 e. The Balaban J connectivity index is 1.44. The maximum Gasteiger partial charge on any atom is 0.287 e. The fourth-order valence-electron chi connectivity index (χ4n) is 3.96. The van der Waals surface area contributed by atoms with Crippen LogP contribution in [0, 0.1) is 0 Å². The number of amides is 1. The van der Waals surface area contributed by atoms with Gasteiger partial charge in [-0.25, -0.2) is 0 Å². The van der Waals surface area contributed by atoms with Crippen molar-refractivity contribution in [3.63, 3.8) is 0 Å². The lowest BCUT2D eigenvalue weighted by Crippen LogP contribution is -2.40. The van der Waals surface area contributed by atoms with Crippen LogP contribution in [0.15, 0.2) is 52.9 Å². The van der Waals surface area contributed by atoms with Gasteiger partial charge in [0.15, 0.2) is 17.1 Å². The minimum atomic E-state index is -0.245. The molecule has 7 nitrogen and oxygen atoms in total. The quantitative estimate of drug-likeness (QED) is 0.500. The number of rotatable bonds is 9. The van der Waals surface area contributed by atoms with E-state index in [2.05, 4.69) is 15.5 Å². The van der Waals surface area contributed by atoms with Crippen molar-refractivity contribution in [1.82, 2.24) is 15.5 Å². The summed E-state index contributed by atoms with van der Waals surface area (Å²) in [7, 11) is 1.61. The van der Waals surface area contributed by atoms with E-state index in [0.29, 0.717) is 17.9 Å². The summed E-state index contributed by atoms with van der Waals surface area (Å²) in [5, 5.41) is 7.41. The van der Waals surface area contributed by atoms with Gasteiger partial charge >= 0.3 is 0 Å². The van der Waals surface area contributed by atoms with Gasteiger partial charge in [0.1, 0.15) is 0 Å². The molecule has 0 saturated carbocycles. The Morgan fingerprint density at radius 1 is 1.16 bits per heavy atom. The van der Waals surface area contributed by atoms with Gasteiger partial charge in [-0.1, -0.05) is 36.4 Å². The molecule has 32 heavy (non-hydrogen) atoms. The van der Waals surface area contributed by atoms with Crippen LogP contribution in [-0.2, 0) is 11.3 Å². The van der Waals surface area contributed by atoms with E-state index < -0.39 is 0 Å². The standard InChI is InChI=1S/C25H31N3O4/c1-18(19-6-4-3-5-7-19)27-25(29)23-16-21-20(8-9-22(30-2)24(21)32-23)17-26-10-11-28-12-14-31-15-13-28/h3-9,16,18,26H,10-15,17H2,1-2H3,(H,27,29)/t18-/m0/s1. The summed E-state index contributed by atoms with van der Waals surface area (Å²) in [5.74, 6) is 0.653. The predicted octanol–water partition coefficient (Wildman–Crippen LogP) is 3.35. The van der Waals surface area contributed by atoms with Gasteiger partial charge in [-0.3, -0.25) is 9.69 Å². The van der Waals surface area contributed by atoms with Gasteiger partial charge in [-0.15, -0.1) is 0 Å². The van der Waals surface area contributed by atoms with Crippen LogP contribution < -0.4 is 15.4 Å². The molecule has 2 aromatic carbocycles. The molecule has 1 aliphatic heterocycles. The molecular weight excluding hydrogens is 406 g/mol. The highest BCUT2D eigenvalue weighted by Gasteiger charge is 2.19. The van der Waals surface area contributed by atoms with Crippen LogP contribution in [0.3, 0.4) is 0 Å². The Hall–Kier alpha value is -2.87. The monoisotopic (exact) mass is 437 g/mol. The molecule has 1 atom stereocenters. The molecule has 2 heterocycles.